The number of carbonyl (C=O) groups excluding carboxylic acids is 1. The number of benzene rings is 2. The second-order valence-electron chi connectivity index (χ2n) is 8.47. The summed E-state index contributed by atoms with van der Waals surface area (Å²) in [5.41, 5.74) is 1.75. The molecule has 0 radical (unpaired) electrons. The van der Waals surface area contributed by atoms with Gasteiger partial charge in [-0.3, -0.25) is 14.6 Å². The van der Waals surface area contributed by atoms with Crippen LogP contribution in [0.25, 0.3) is 10.8 Å². The summed E-state index contributed by atoms with van der Waals surface area (Å²) in [6, 6.07) is 19.0. The number of hydrogen-bond donors (Lipinski definition) is 1. The van der Waals surface area contributed by atoms with Gasteiger partial charge in [-0.15, -0.1) is 0 Å². The fourth-order valence-corrected chi connectivity index (χ4v) is 4.75. The molecule has 0 aliphatic carbocycles. The van der Waals surface area contributed by atoms with Crippen molar-refractivity contribution < 1.29 is 13.2 Å². The van der Waals surface area contributed by atoms with Crippen LogP contribution in [0.3, 0.4) is 0 Å². The number of fused-ring (bicyclic) bond motifs is 1. The van der Waals surface area contributed by atoms with Crippen molar-refractivity contribution in [3.63, 3.8) is 0 Å². The third kappa shape index (κ3) is 5.46. The highest BCUT2D eigenvalue weighted by Crippen LogP contribution is 2.17. The number of amides is 1. The number of pyridine rings is 1. The number of aromatic nitrogens is 3. The van der Waals surface area contributed by atoms with Crippen LogP contribution in [0.15, 0.2) is 82.6 Å². The average Bonchev–Trinajstić information content (AvgIpc) is 2.86. The largest absolute Gasteiger partial charge is 0.350 e. The van der Waals surface area contributed by atoms with Crippen LogP contribution in [-0.2, 0) is 34.1 Å². The van der Waals surface area contributed by atoms with Gasteiger partial charge in [-0.25, -0.2) is 13.1 Å². The summed E-state index contributed by atoms with van der Waals surface area (Å²) in [6.07, 6.45) is 1.75. The van der Waals surface area contributed by atoms with Crippen LogP contribution < -0.4 is 10.9 Å². The summed E-state index contributed by atoms with van der Waals surface area (Å²) >= 11 is 0. The van der Waals surface area contributed by atoms with Gasteiger partial charge in [0.05, 0.1) is 46.4 Å². The average molecular weight is 491 g/mol. The molecule has 9 heteroatoms. The highest BCUT2D eigenvalue weighted by Gasteiger charge is 2.19. The van der Waals surface area contributed by atoms with Gasteiger partial charge >= 0.3 is 0 Å². The van der Waals surface area contributed by atoms with Crippen LogP contribution in [0.2, 0.25) is 0 Å². The molecular formula is C26H26N4O4S. The van der Waals surface area contributed by atoms with Gasteiger partial charge in [0.15, 0.2) is 9.84 Å². The Kier molecular flexibility index (Phi) is 7.07. The van der Waals surface area contributed by atoms with Crippen LogP contribution in [0.5, 0.6) is 0 Å². The Morgan fingerprint density at radius 2 is 1.66 bits per heavy atom. The first kappa shape index (κ1) is 24.3. The Balaban J connectivity index is 1.51. The van der Waals surface area contributed by atoms with E-state index in [9.17, 15) is 18.0 Å². The summed E-state index contributed by atoms with van der Waals surface area (Å²) in [7, 11) is -3.36. The first-order valence-electron chi connectivity index (χ1n) is 11.2. The Hall–Kier alpha value is -3.85. The zero-order valence-corrected chi connectivity index (χ0v) is 20.3. The molecule has 0 unspecified atom stereocenters. The monoisotopic (exact) mass is 490 g/mol. The van der Waals surface area contributed by atoms with Gasteiger partial charge in [0.25, 0.3) is 5.56 Å². The molecule has 0 saturated carbocycles. The minimum absolute atomic E-state index is 0.0908. The summed E-state index contributed by atoms with van der Waals surface area (Å²) in [4.78, 5) is 30.1. The topological polar surface area (TPSA) is 111 Å². The zero-order valence-electron chi connectivity index (χ0n) is 19.5. The van der Waals surface area contributed by atoms with Crippen LogP contribution in [-0.4, -0.2) is 34.3 Å². The number of nitrogens with one attached hydrogen (secondary N) is 1. The van der Waals surface area contributed by atoms with Crippen molar-refractivity contribution in [3.8, 4) is 0 Å². The van der Waals surface area contributed by atoms with Crippen molar-refractivity contribution in [2.75, 3.05) is 0 Å². The molecule has 0 bridgehead atoms. The number of sulfone groups is 1. The van der Waals surface area contributed by atoms with Crippen LogP contribution in [0, 0.1) is 0 Å². The van der Waals surface area contributed by atoms with E-state index in [-0.39, 0.29) is 35.9 Å². The molecule has 180 valence electrons. The maximum atomic E-state index is 12.9. The smallest absolute Gasteiger partial charge is 0.275 e. The molecular weight excluding hydrogens is 464 g/mol. The van der Waals surface area contributed by atoms with Gasteiger partial charge in [-0.05, 0) is 49.7 Å². The lowest BCUT2D eigenvalue weighted by Gasteiger charge is -2.12. The standard InChI is InChI=1S/C26H26N4O4S/c1-18(2)35(33,34)21-12-10-19(11-13-21)15-25(31)28-16-24-22-8-3-4-9-23(22)26(32)30(29-24)17-20-7-5-6-14-27-20/h3-14,18H,15-17H2,1-2H3,(H,28,31). The van der Waals surface area contributed by atoms with E-state index < -0.39 is 15.1 Å². The maximum Gasteiger partial charge on any atom is 0.275 e. The van der Waals surface area contributed by atoms with Crippen molar-refractivity contribution in [2.24, 2.45) is 0 Å². The Labute approximate surface area is 203 Å². The number of carbonyl (C=O) groups is 1. The van der Waals surface area contributed by atoms with Gasteiger partial charge in [-0.2, -0.15) is 5.10 Å². The molecule has 4 rings (SSSR count). The Morgan fingerprint density at radius 1 is 0.971 bits per heavy atom. The van der Waals surface area contributed by atoms with E-state index in [1.54, 1.807) is 50.4 Å². The minimum atomic E-state index is -3.36. The third-order valence-electron chi connectivity index (χ3n) is 5.67. The number of rotatable bonds is 8. The van der Waals surface area contributed by atoms with Gasteiger partial charge in [0, 0.05) is 11.6 Å². The molecule has 0 aliphatic heterocycles. The minimum Gasteiger partial charge on any atom is -0.350 e. The van der Waals surface area contributed by atoms with Crippen molar-refractivity contribution in [1.29, 1.82) is 0 Å². The molecule has 1 amide bonds. The van der Waals surface area contributed by atoms with E-state index in [0.29, 0.717) is 27.7 Å². The molecule has 1 N–H and O–H groups in total. The molecule has 8 nitrogen and oxygen atoms in total. The van der Waals surface area contributed by atoms with E-state index in [0.717, 1.165) is 0 Å². The van der Waals surface area contributed by atoms with E-state index >= 15 is 0 Å². The zero-order chi connectivity index (χ0) is 25.0. The number of nitrogens with zero attached hydrogens (tertiary/aromatic N) is 3. The Bertz CT molecular complexity index is 1510. The van der Waals surface area contributed by atoms with Crippen LogP contribution in [0.4, 0.5) is 0 Å². The van der Waals surface area contributed by atoms with E-state index in [1.165, 1.54) is 16.8 Å². The van der Waals surface area contributed by atoms with Crippen molar-refractivity contribution in [3.05, 3.63) is 100 Å². The second-order valence-corrected chi connectivity index (χ2v) is 11.0. The van der Waals surface area contributed by atoms with Crippen molar-refractivity contribution in [2.45, 2.75) is 43.5 Å². The van der Waals surface area contributed by atoms with E-state index in [2.05, 4.69) is 15.4 Å². The van der Waals surface area contributed by atoms with Gasteiger partial charge in [0.1, 0.15) is 0 Å². The van der Waals surface area contributed by atoms with Crippen molar-refractivity contribution in [1.82, 2.24) is 20.1 Å². The molecule has 2 aromatic heterocycles. The van der Waals surface area contributed by atoms with Gasteiger partial charge in [-0.1, -0.05) is 36.4 Å². The molecule has 0 fully saturated rings. The summed E-state index contributed by atoms with van der Waals surface area (Å²) in [5, 5.41) is 8.06. The quantitative estimate of drug-likeness (QED) is 0.407. The second kappa shape index (κ2) is 10.2. The lowest BCUT2D eigenvalue weighted by Crippen LogP contribution is -2.29. The first-order chi connectivity index (χ1) is 16.8. The molecule has 0 spiro atoms. The van der Waals surface area contributed by atoms with Crippen LogP contribution in [0.1, 0.15) is 30.8 Å². The highest BCUT2D eigenvalue weighted by molar-refractivity contribution is 7.92. The molecule has 0 aliphatic rings. The molecule has 2 aromatic carbocycles. The molecule has 2 heterocycles. The lowest BCUT2D eigenvalue weighted by molar-refractivity contribution is -0.120. The van der Waals surface area contributed by atoms with Crippen molar-refractivity contribution >= 4 is 26.5 Å². The normalized spacial score (nSPS) is 11.6. The highest BCUT2D eigenvalue weighted by atomic mass is 32.2. The summed E-state index contributed by atoms with van der Waals surface area (Å²) in [6.45, 7) is 3.63. The fraction of sp³-hybridized carbons (Fsp3) is 0.231. The van der Waals surface area contributed by atoms with E-state index in [4.69, 9.17) is 0 Å². The number of hydrogen-bond acceptors (Lipinski definition) is 6. The molecule has 0 saturated heterocycles. The SMILES string of the molecule is CC(C)S(=O)(=O)c1ccc(CC(=O)NCc2nn(Cc3ccccn3)c(=O)c3ccccc23)cc1. The molecule has 35 heavy (non-hydrogen) atoms. The first-order valence-corrected chi connectivity index (χ1v) is 12.8. The molecule has 4 aromatic rings. The van der Waals surface area contributed by atoms with Crippen LogP contribution >= 0.6 is 0 Å². The Morgan fingerprint density at radius 3 is 2.31 bits per heavy atom. The predicted molar refractivity (Wildman–Crippen MR) is 134 cm³/mol. The summed E-state index contributed by atoms with van der Waals surface area (Å²) in [5.74, 6) is -0.238. The fourth-order valence-electron chi connectivity index (χ4n) is 3.69. The third-order valence-corrected chi connectivity index (χ3v) is 7.84. The molecule has 0 atom stereocenters. The van der Waals surface area contributed by atoms with Gasteiger partial charge < -0.3 is 5.32 Å². The van der Waals surface area contributed by atoms with E-state index in [1.807, 2.05) is 24.3 Å². The predicted octanol–water partition coefficient (Wildman–Crippen LogP) is 2.88. The summed E-state index contributed by atoms with van der Waals surface area (Å²) < 4.78 is 25.9. The van der Waals surface area contributed by atoms with Gasteiger partial charge in [0.2, 0.25) is 5.91 Å². The lowest BCUT2D eigenvalue weighted by atomic mass is 10.1. The maximum absolute atomic E-state index is 12.9.